The third-order valence-electron chi connectivity index (χ3n) is 8.02. The summed E-state index contributed by atoms with van der Waals surface area (Å²) >= 11 is 0. The molecule has 1 saturated heterocycles. The summed E-state index contributed by atoms with van der Waals surface area (Å²) in [6.07, 6.45) is -12.7. The van der Waals surface area contributed by atoms with Gasteiger partial charge in [0.25, 0.3) is 0 Å². The largest absolute Gasteiger partial charge is 0.491 e. The van der Waals surface area contributed by atoms with E-state index in [1.807, 2.05) is 24.4 Å². The summed E-state index contributed by atoms with van der Waals surface area (Å²) in [6.45, 7) is 3.06. The molecule has 0 radical (unpaired) electrons. The van der Waals surface area contributed by atoms with Crippen LogP contribution in [0.5, 0.6) is 0 Å². The number of nitrogens with zero attached hydrogens (tertiary/aromatic N) is 2. The summed E-state index contributed by atoms with van der Waals surface area (Å²) in [5.41, 5.74) is 3.54. The predicted octanol–water partition coefficient (Wildman–Crippen LogP) is 6.36. The average Bonchev–Trinajstić information content (AvgIpc) is 3.68. The molecule has 250 valence electrons. The molecule has 1 aliphatic heterocycles. The molecule has 1 aliphatic rings. The fourth-order valence-corrected chi connectivity index (χ4v) is 5.84. The number of aromatic amines is 2. The van der Waals surface area contributed by atoms with E-state index in [1.54, 1.807) is 24.3 Å². The molecule has 5 aromatic rings. The summed E-state index contributed by atoms with van der Waals surface area (Å²) < 4.78 is 86.1. The van der Waals surface area contributed by atoms with Gasteiger partial charge >= 0.3 is 30.6 Å². The number of benzene rings is 3. The van der Waals surface area contributed by atoms with Crippen LogP contribution in [0.1, 0.15) is 16.1 Å². The van der Waals surface area contributed by atoms with Crippen molar-refractivity contribution in [3.8, 4) is 11.1 Å². The first-order chi connectivity index (χ1) is 22.8. The molecular formula is C33H26F6N4O5. The number of ether oxygens (including phenoxy) is 2. The quantitative estimate of drug-likeness (QED) is 0.0856. The summed E-state index contributed by atoms with van der Waals surface area (Å²) in [5, 5.41) is 1.71. The maximum absolute atomic E-state index is 13.6. The van der Waals surface area contributed by atoms with Crippen LogP contribution in [0.15, 0.2) is 79.0 Å². The summed E-state index contributed by atoms with van der Waals surface area (Å²) in [6, 6.07) is 20.5. The van der Waals surface area contributed by atoms with Gasteiger partial charge in [-0.3, -0.25) is 9.69 Å². The van der Waals surface area contributed by atoms with Crippen LogP contribution >= 0.6 is 0 Å². The number of hydrogen-bond donors (Lipinski definition) is 2. The van der Waals surface area contributed by atoms with Gasteiger partial charge in [-0.2, -0.15) is 26.3 Å². The smallest absolute Gasteiger partial charge is 0.410 e. The van der Waals surface area contributed by atoms with E-state index >= 15 is 0 Å². The number of aromatic nitrogens is 2. The molecule has 9 nitrogen and oxygen atoms in total. The van der Waals surface area contributed by atoms with E-state index in [4.69, 9.17) is 0 Å². The second kappa shape index (κ2) is 12.7. The Morgan fingerprint density at radius 2 is 1.35 bits per heavy atom. The van der Waals surface area contributed by atoms with Crippen LogP contribution < -0.4 is 4.90 Å². The number of halogens is 6. The van der Waals surface area contributed by atoms with Crippen LogP contribution in [0.3, 0.4) is 0 Å². The van der Waals surface area contributed by atoms with Crippen LogP contribution in [0.4, 0.5) is 32.0 Å². The number of carbonyl (C=O) groups is 3. The summed E-state index contributed by atoms with van der Waals surface area (Å²) in [4.78, 5) is 47.7. The molecule has 6 rings (SSSR count). The highest BCUT2D eigenvalue weighted by molar-refractivity contribution is 6.09. The van der Waals surface area contributed by atoms with E-state index in [9.17, 15) is 40.7 Å². The maximum Gasteiger partial charge on any atom is 0.491 e. The third kappa shape index (κ3) is 6.58. The van der Waals surface area contributed by atoms with Crippen molar-refractivity contribution in [3.63, 3.8) is 0 Å². The lowest BCUT2D eigenvalue weighted by molar-refractivity contribution is -0.233. The molecule has 1 fully saturated rings. The van der Waals surface area contributed by atoms with Crippen molar-refractivity contribution in [2.45, 2.75) is 25.2 Å². The number of nitrogens with one attached hydrogen (secondary N) is 2. The predicted molar refractivity (Wildman–Crippen MR) is 162 cm³/mol. The minimum absolute atomic E-state index is 0.115. The highest BCUT2D eigenvalue weighted by Crippen LogP contribution is 2.37. The Hall–Kier alpha value is -5.31. The number of piperazine rings is 1. The summed E-state index contributed by atoms with van der Waals surface area (Å²) in [5.74, 6) is -7.61. The molecule has 0 unspecified atom stereocenters. The highest BCUT2D eigenvalue weighted by atomic mass is 19.4. The Labute approximate surface area is 268 Å². The Morgan fingerprint density at radius 1 is 0.729 bits per heavy atom. The Kier molecular flexibility index (Phi) is 8.64. The number of fused-ring (bicyclic) bond motifs is 2. The minimum Gasteiger partial charge on any atom is -0.410 e. The lowest BCUT2D eigenvalue weighted by atomic mass is 9.94. The molecule has 48 heavy (non-hydrogen) atoms. The number of hydrogen-bond acceptors (Lipinski definition) is 7. The van der Waals surface area contributed by atoms with Gasteiger partial charge in [-0.15, -0.1) is 0 Å². The van der Waals surface area contributed by atoms with Crippen LogP contribution in [-0.2, 0) is 25.6 Å². The van der Waals surface area contributed by atoms with E-state index in [-0.39, 0.29) is 5.56 Å². The number of rotatable bonds is 8. The number of carbonyl (C=O) groups excluding carboxylic acids is 3. The van der Waals surface area contributed by atoms with Gasteiger partial charge in [0.1, 0.15) is 0 Å². The van der Waals surface area contributed by atoms with Crippen molar-refractivity contribution in [3.05, 3.63) is 90.3 Å². The Morgan fingerprint density at radius 3 is 2.04 bits per heavy atom. The first-order valence-electron chi connectivity index (χ1n) is 14.6. The number of anilines is 1. The number of Topliss-reactive ketones (excluding diaryl/α,β-unsaturated/α-hetero) is 1. The van der Waals surface area contributed by atoms with Gasteiger partial charge in [-0.25, -0.2) is 9.59 Å². The molecule has 0 bridgehead atoms. The Bertz CT molecular complexity index is 1960. The van der Waals surface area contributed by atoms with Gasteiger partial charge in [0, 0.05) is 83.2 Å². The van der Waals surface area contributed by atoms with Gasteiger partial charge < -0.3 is 24.3 Å². The molecule has 3 aromatic carbocycles. The molecule has 0 atom stereocenters. The molecule has 0 aliphatic carbocycles. The summed E-state index contributed by atoms with van der Waals surface area (Å²) in [7, 11) is 0. The van der Waals surface area contributed by atoms with Gasteiger partial charge in [0.2, 0.25) is 5.78 Å². The zero-order valence-electron chi connectivity index (χ0n) is 24.8. The van der Waals surface area contributed by atoms with Gasteiger partial charge in [-0.1, -0.05) is 48.5 Å². The number of para-hydroxylation sites is 1. The fourth-order valence-electron chi connectivity index (χ4n) is 5.84. The van der Waals surface area contributed by atoms with Crippen LogP contribution in [0, 0.1) is 0 Å². The number of alkyl halides is 6. The highest BCUT2D eigenvalue weighted by Gasteiger charge is 2.48. The second-order valence-electron chi connectivity index (χ2n) is 11.1. The molecule has 3 heterocycles. The third-order valence-corrected chi connectivity index (χ3v) is 8.02. The normalized spacial score (nSPS) is 14.5. The van der Waals surface area contributed by atoms with E-state index in [1.165, 1.54) is 18.2 Å². The van der Waals surface area contributed by atoms with Crippen molar-refractivity contribution < 1.29 is 50.2 Å². The minimum atomic E-state index is -5.69. The molecule has 2 aromatic heterocycles. The standard InChI is InChI=1S/C33H26F6N4O5/c34-32(35,36)30(45)47-29(48-31(46)33(37,38)39)28(44)20-7-2-1-6-19(20)27-22-8-3-4-9-24(22)41-25(27)18-42-14-16-43(17-15-42)26-11-5-10-23-21(26)12-13-40-23/h1-13,29,40-41H,14-18H2. The monoisotopic (exact) mass is 672 g/mol. The van der Waals surface area contributed by atoms with Gasteiger partial charge in [0.15, 0.2) is 0 Å². The molecule has 0 amide bonds. The zero-order valence-corrected chi connectivity index (χ0v) is 24.8. The van der Waals surface area contributed by atoms with E-state index in [0.717, 1.165) is 22.7 Å². The van der Waals surface area contributed by atoms with Crippen molar-refractivity contribution in [1.29, 1.82) is 0 Å². The first-order valence-corrected chi connectivity index (χ1v) is 14.6. The topological polar surface area (TPSA) is 108 Å². The molecule has 0 spiro atoms. The van der Waals surface area contributed by atoms with E-state index in [0.29, 0.717) is 54.9 Å². The van der Waals surface area contributed by atoms with Crippen LogP contribution in [0.25, 0.3) is 32.9 Å². The second-order valence-corrected chi connectivity index (χ2v) is 11.1. The Balaban J connectivity index is 1.31. The van der Waals surface area contributed by atoms with Crippen LogP contribution in [0.2, 0.25) is 0 Å². The van der Waals surface area contributed by atoms with Crippen molar-refractivity contribution >= 4 is 45.2 Å². The zero-order chi connectivity index (χ0) is 34.2. The molecular weight excluding hydrogens is 646 g/mol. The lowest BCUT2D eigenvalue weighted by Crippen LogP contribution is -2.46. The lowest BCUT2D eigenvalue weighted by Gasteiger charge is -2.36. The van der Waals surface area contributed by atoms with E-state index in [2.05, 4.69) is 35.3 Å². The van der Waals surface area contributed by atoms with Gasteiger partial charge in [0.05, 0.1) is 0 Å². The number of ketones is 1. The number of H-pyrrole nitrogens is 2. The SMILES string of the molecule is O=C(c1ccccc1-c1c(CN2CCN(c3cccc4[nH]ccc34)CC2)[nH]c2ccccc12)C(OC(=O)C(F)(F)F)OC(=O)C(F)(F)F. The molecule has 0 saturated carbocycles. The van der Waals surface area contributed by atoms with Gasteiger partial charge in [-0.05, 0) is 29.8 Å². The van der Waals surface area contributed by atoms with Crippen molar-refractivity contribution in [2.24, 2.45) is 0 Å². The average molecular weight is 673 g/mol. The molecule has 15 heteroatoms. The first kappa shape index (κ1) is 32.6. The van der Waals surface area contributed by atoms with Crippen LogP contribution in [-0.4, -0.2) is 77.4 Å². The maximum atomic E-state index is 13.6. The van der Waals surface area contributed by atoms with Crippen molar-refractivity contribution in [1.82, 2.24) is 14.9 Å². The fraction of sp³-hybridized carbons (Fsp3) is 0.242. The van der Waals surface area contributed by atoms with E-state index < -0.39 is 41.9 Å². The van der Waals surface area contributed by atoms with Crippen molar-refractivity contribution in [2.75, 3.05) is 31.1 Å². The molecule has 2 N–H and O–H groups in total. The number of esters is 2.